The van der Waals surface area contributed by atoms with Gasteiger partial charge in [0, 0.05) is 39.5 Å². The molecule has 2 heterocycles. The van der Waals surface area contributed by atoms with Gasteiger partial charge in [-0.25, -0.2) is 13.6 Å². The number of alkyl halides is 3. The summed E-state index contributed by atoms with van der Waals surface area (Å²) in [4.78, 5) is 28.2. The third-order valence-corrected chi connectivity index (χ3v) is 7.95. The van der Waals surface area contributed by atoms with E-state index in [4.69, 9.17) is 17.3 Å². The number of urea groups is 1. The number of rotatable bonds is 4. The van der Waals surface area contributed by atoms with Crippen LogP contribution in [0.3, 0.4) is 0 Å². The molecule has 0 saturated heterocycles. The predicted octanol–water partition coefficient (Wildman–Crippen LogP) is 7.19. The summed E-state index contributed by atoms with van der Waals surface area (Å²) in [6.45, 7) is 0.214. The summed E-state index contributed by atoms with van der Waals surface area (Å²) in [7, 11) is 0. The zero-order valence-electron chi connectivity index (χ0n) is 22.3. The van der Waals surface area contributed by atoms with Crippen molar-refractivity contribution in [3.63, 3.8) is 0 Å². The van der Waals surface area contributed by atoms with Crippen molar-refractivity contribution in [1.29, 1.82) is 5.26 Å². The minimum atomic E-state index is -4.92. The highest BCUT2D eigenvalue weighted by Crippen LogP contribution is 2.50. The third-order valence-electron chi connectivity index (χ3n) is 7.61. The fraction of sp³-hybridized carbons (Fsp3) is 0.129. The maximum atomic E-state index is 14.4. The first-order chi connectivity index (χ1) is 20.9. The van der Waals surface area contributed by atoms with Crippen molar-refractivity contribution in [3.05, 3.63) is 111 Å². The largest absolute Gasteiger partial charge is 0.416 e. The van der Waals surface area contributed by atoms with Crippen LogP contribution in [0.5, 0.6) is 0 Å². The van der Waals surface area contributed by atoms with Gasteiger partial charge in [-0.3, -0.25) is 9.69 Å². The molecule has 2 aliphatic rings. The minimum absolute atomic E-state index is 0.00473. The Kier molecular flexibility index (Phi) is 6.93. The van der Waals surface area contributed by atoms with E-state index in [0.717, 1.165) is 12.1 Å². The molecule has 4 N–H and O–H groups in total. The molecule has 1 unspecified atom stereocenters. The van der Waals surface area contributed by atoms with Crippen molar-refractivity contribution < 1.29 is 31.5 Å². The number of halogens is 6. The lowest BCUT2D eigenvalue weighted by atomic mass is 9.86. The fourth-order valence-electron chi connectivity index (χ4n) is 5.70. The molecule has 4 aromatic carbocycles. The molecule has 7 nitrogen and oxygen atoms in total. The highest BCUT2D eigenvalue weighted by Gasteiger charge is 2.41. The van der Waals surface area contributed by atoms with E-state index in [-0.39, 0.29) is 45.7 Å². The maximum absolute atomic E-state index is 14.4. The van der Waals surface area contributed by atoms with Gasteiger partial charge in [0.15, 0.2) is 0 Å². The van der Waals surface area contributed by atoms with E-state index < -0.39 is 46.9 Å². The van der Waals surface area contributed by atoms with Crippen molar-refractivity contribution in [1.82, 2.24) is 5.32 Å². The second-order valence-corrected chi connectivity index (χ2v) is 10.6. The average Bonchev–Trinajstić information content (AvgIpc) is 3.42. The van der Waals surface area contributed by atoms with Crippen LogP contribution in [0.2, 0.25) is 5.02 Å². The van der Waals surface area contributed by atoms with Gasteiger partial charge in [-0.2, -0.15) is 18.4 Å². The van der Waals surface area contributed by atoms with E-state index in [1.54, 1.807) is 12.1 Å². The van der Waals surface area contributed by atoms with Gasteiger partial charge in [0.2, 0.25) is 0 Å². The van der Waals surface area contributed by atoms with E-state index in [1.807, 2.05) is 0 Å². The molecule has 6 rings (SSSR count). The molecule has 0 aromatic heterocycles. The Hall–Kier alpha value is -5.15. The van der Waals surface area contributed by atoms with Gasteiger partial charge < -0.3 is 16.4 Å². The number of carbonyl (C=O) groups excluding carboxylic acids is 2. The van der Waals surface area contributed by atoms with Gasteiger partial charge >= 0.3 is 12.2 Å². The number of amides is 3. The van der Waals surface area contributed by atoms with Gasteiger partial charge in [-0.15, -0.1) is 0 Å². The number of carbonyl (C=O) groups is 2. The van der Waals surface area contributed by atoms with Gasteiger partial charge in [0.25, 0.3) is 5.91 Å². The van der Waals surface area contributed by atoms with Crippen LogP contribution in [0.15, 0.2) is 60.7 Å². The Labute approximate surface area is 251 Å². The summed E-state index contributed by atoms with van der Waals surface area (Å²) in [5, 5.41) is 15.3. The van der Waals surface area contributed by atoms with Crippen LogP contribution in [0.25, 0.3) is 11.1 Å². The monoisotopic (exact) mass is 623 g/mol. The summed E-state index contributed by atoms with van der Waals surface area (Å²) < 4.78 is 68.9. The zero-order chi connectivity index (χ0) is 31.5. The SMILES string of the molecule is N#Cc1c(N)cccc1-c1cc(NC(=O)c2cc(F)cc(C(F)(F)F)c2)c2c3c1CCN3C(=O)NC2c1cc(F)ccc1Cl. The second-order valence-electron chi connectivity index (χ2n) is 10.2. The molecular formula is C31H19ClF5N5O2. The number of nitrogens with two attached hydrogens (primary N) is 1. The Bertz CT molecular complexity index is 1940. The predicted molar refractivity (Wildman–Crippen MR) is 153 cm³/mol. The Balaban J connectivity index is 1.61. The van der Waals surface area contributed by atoms with Crippen molar-refractivity contribution in [3.8, 4) is 17.2 Å². The van der Waals surface area contributed by atoms with Crippen LogP contribution in [0.4, 0.5) is 43.8 Å². The molecule has 13 heteroatoms. The second kappa shape index (κ2) is 10.5. The number of anilines is 3. The topological polar surface area (TPSA) is 111 Å². The lowest BCUT2D eigenvalue weighted by molar-refractivity contribution is -0.137. The van der Waals surface area contributed by atoms with Gasteiger partial charge in [-0.05, 0) is 66.1 Å². The van der Waals surface area contributed by atoms with Crippen LogP contribution in [0.1, 0.15) is 44.2 Å². The van der Waals surface area contributed by atoms with E-state index in [1.165, 1.54) is 23.1 Å². The first-order valence-corrected chi connectivity index (χ1v) is 13.5. The van der Waals surface area contributed by atoms with Crippen molar-refractivity contribution >= 4 is 40.6 Å². The molecule has 0 aliphatic carbocycles. The van der Waals surface area contributed by atoms with Crippen molar-refractivity contribution in [2.75, 3.05) is 22.5 Å². The van der Waals surface area contributed by atoms with E-state index in [2.05, 4.69) is 16.7 Å². The molecule has 3 amide bonds. The number of nitrogens with one attached hydrogen (secondary N) is 2. The van der Waals surface area contributed by atoms with Gasteiger partial charge in [0.1, 0.15) is 17.7 Å². The molecule has 0 bridgehead atoms. The Morgan fingerprint density at radius 1 is 1.07 bits per heavy atom. The average molecular weight is 624 g/mol. The number of hydrogen-bond acceptors (Lipinski definition) is 4. The zero-order valence-corrected chi connectivity index (χ0v) is 23.1. The van der Waals surface area contributed by atoms with Crippen LogP contribution < -0.4 is 21.3 Å². The molecule has 4 aromatic rings. The number of nitrogens with zero attached hydrogens (tertiary/aromatic N) is 2. The third kappa shape index (κ3) is 4.85. The fourth-order valence-corrected chi connectivity index (χ4v) is 5.93. The lowest BCUT2D eigenvalue weighted by Gasteiger charge is -2.35. The quantitative estimate of drug-likeness (QED) is 0.165. The molecule has 44 heavy (non-hydrogen) atoms. The summed E-state index contributed by atoms with van der Waals surface area (Å²) in [6, 6.07) is 11.7. The number of nitrogen functional groups attached to an aromatic ring is 1. The first-order valence-electron chi connectivity index (χ1n) is 13.1. The van der Waals surface area contributed by atoms with E-state index >= 15 is 0 Å². The summed E-state index contributed by atoms with van der Waals surface area (Å²) in [5.74, 6) is -3.02. The molecule has 0 radical (unpaired) electrons. The molecule has 0 fully saturated rings. The van der Waals surface area contributed by atoms with Crippen LogP contribution in [-0.4, -0.2) is 18.5 Å². The molecule has 0 saturated carbocycles. The molecule has 0 spiro atoms. The summed E-state index contributed by atoms with van der Waals surface area (Å²) in [6.07, 6.45) is -4.59. The molecule has 1 atom stereocenters. The maximum Gasteiger partial charge on any atom is 0.416 e. The Morgan fingerprint density at radius 3 is 2.57 bits per heavy atom. The number of benzene rings is 4. The highest BCUT2D eigenvalue weighted by molar-refractivity contribution is 6.31. The van der Waals surface area contributed by atoms with Crippen LogP contribution in [-0.2, 0) is 12.6 Å². The number of hydrogen-bond donors (Lipinski definition) is 3. The normalized spacial score (nSPS) is 15.4. The molecular weight excluding hydrogens is 605 g/mol. The van der Waals surface area contributed by atoms with Crippen molar-refractivity contribution in [2.45, 2.75) is 18.6 Å². The standard InChI is InChI=1S/C31H19ClF5N5O2/c32-23-5-4-16(33)11-21(23)27-26-25(40-29(43)14-8-15(31(35,36)37)10-17(34)9-14)12-20(18-2-1-3-24(39)22(18)13-38)19-6-7-42(28(19)26)30(44)41-27/h1-5,8-12,27H,6-7,39H2,(H,40,43)(H,41,44). The summed E-state index contributed by atoms with van der Waals surface area (Å²) in [5.41, 5.74) is 6.63. The van der Waals surface area contributed by atoms with Gasteiger partial charge in [-0.1, -0.05) is 23.7 Å². The van der Waals surface area contributed by atoms with Crippen molar-refractivity contribution in [2.24, 2.45) is 0 Å². The Morgan fingerprint density at radius 2 is 1.84 bits per heavy atom. The molecule has 222 valence electrons. The van der Waals surface area contributed by atoms with Gasteiger partial charge in [0.05, 0.1) is 28.5 Å². The van der Waals surface area contributed by atoms with Crippen LogP contribution >= 0.6 is 11.6 Å². The number of nitriles is 1. The smallest absolute Gasteiger partial charge is 0.398 e. The lowest BCUT2D eigenvalue weighted by Crippen LogP contribution is -2.46. The summed E-state index contributed by atoms with van der Waals surface area (Å²) >= 11 is 6.43. The molecule has 2 aliphatic heterocycles. The van der Waals surface area contributed by atoms with E-state index in [0.29, 0.717) is 40.9 Å². The van der Waals surface area contributed by atoms with E-state index in [9.17, 15) is 36.8 Å². The minimum Gasteiger partial charge on any atom is -0.398 e. The highest BCUT2D eigenvalue weighted by atomic mass is 35.5. The first kappa shape index (κ1) is 28.9. The van der Waals surface area contributed by atoms with Crippen LogP contribution in [0, 0.1) is 23.0 Å².